The predicted molar refractivity (Wildman–Crippen MR) is 237 cm³/mol. The second-order valence-corrected chi connectivity index (χ2v) is 17.3. The van der Waals surface area contributed by atoms with Crippen LogP contribution in [0.3, 0.4) is 0 Å². The first kappa shape index (κ1) is 31.8. The van der Waals surface area contributed by atoms with Crippen LogP contribution in [0.5, 0.6) is 0 Å². The molecule has 2 heteroatoms. The van der Waals surface area contributed by atoms with E-state index >= 15 is 0 Å². The van der Waals surface area contributed by atoms with Gasteiger partial charge in [0.1, 0.15) is 0 Å². The number of aromatic nitrogens is 1. The third-order valence-corrected chi connectivity index (χ3v) is 14.8. The molecule has 0 N–H and O–H groups in total. The van der Waals surface area contributed by atoms with Crippen molar-refractivity contribution in [2.45, 2.75) is 31.1 Å². The molecule has 1 spiro atoms. The minimum atomic E-state index is 0.186. The highest BCUT2D eigenvalue weighted by atomic mass is 15.1. The van der Waals surface area contributed by atoms with Crippen molar-refractivity contribution in [3.8, 4) is 27.9 Å². The Morgan fingerprint density at radius 2 is 1.19 bits per heavy atom. The van der Waals surface area contributed by atoms with Gasteiger partial charge in [0, 0.05) is 38.6 Å². The lowest BCUT2D eigenvalue weighted by atomic mass is 9.59. The summed E-state index contributed by atoms with van der Waals surface area (Å²) in [5.74, 6) is 3.40. The first-order valence-corrected chi connectivity index (χ1v) is 21.0. The van der Waals surface area contributed by atoms with E-state index in [1.807, 2.05) is 0 Å². The number of rotatable bonds is 5. The average molecular weight is 731 g/mol. The summed E-state index contributed by atoms with van der Waals surface area (Å²) in [6.45, 7) is 0. The van der Waals surface area contributed by atoms with Gasteiger partial charge in [-0.3, -0.25) is 0 Å². The van der Waals surface area contributed by atoms with Gasteiger partial charge in [-0.25, -0.2) is 0 Å². The van der Waals surface area contributed by atoms with Crippen LogP contribution in [0.2, 0.25) is 0 Å². The predicted octanol–water partition coefficient (Wildman–Crippen LogP) is 14.4. The highest BCUT2D eigenvalue weighted by molar-refractivity contribution is 6.11. The standard InChI is InChI=1S/C55H42N2/c1-2-13-41(14-3-1)57-53-19-9-7-17-47(53)48-28-26-43(34-54(48)57)56(52-20-10-12-37-11-4-5-15-44(37)52)42-24-21-36(22-25-42)38-23-27-46-45-16-6-8-18-49(45)55(51(46)33-38)40-30-35-29-39(32-40)50(55)31-35/h1-28,33-35,39-40,50H,29-32H2. The minimum Gasteiger partial charge on any atom is -0.310 e. The molecule has 5 aliphatic carbocycles. The minimum absolute atomic E-state index is 0.186. The lowest BCUT2D eigenvalue weighted by Gasteiger charge is -2.44. The highest BCUT2D eigenvalue weighted by Crippen LogP contribution is 2.73. The molecule has 1 aromatic heterocycles. The first-order valence-electron chi connectivity index (χ1n) is 21.0. The molecule has 272 valence electrons. The van der Waals surface area contributed by atoms with Crippen molar-refractivity contribution < 1.29 is 0 Å². The van der Waals surface area contributed by atoms with Gasteiger partial charge >= 0.3 is 0 Å². The molecule has 8 aromatic carbocycles. The van der Waals surface area contributed by atoms with Gasteiger partial charge in [-0.15, -0.1) is 0 Å². The molecule has 0 radical (unpaired) electrons. The Labute approximate surface area is 333 Å². The summed E-state index contributed by atoms with van der Waals surface area (Å²) in [6.07, 6.45) is 5.68. The summed E-state index contributed by atoms with van der Waals surface area (Å²) < 4.78 is 2.42. The van der Waals surface area contributed by atoms with Crippen LogP contribution in [0.1, 0.15) is 36.8 Å². The van der Waals surface area contributed by atoms with E-state index < -0.39 is 0 Å². The van der Waals surface area contributed by atoms with E-state index in [1.54, 1.807) is 11.1 Å². The zero-order valence-electron chi connectivity index (χ0n) is 31.9. The van der Waals surface area contributed by atoms with Crippen molar-refractivity contribution in [3.05, 3.63) is 193 Å². The number of hydrogen-bond acceptors (Lipinski definition) is 1. The molecule has 2 nitrogen and oxygen atoms in total. The van der Waals surface area contributed by atoms with Crippen LogP contribution >= 0.6 is 0 Å². The van der Waals surface area contributed by atoms with Crippen molar-refractivity contribution in [1.29, 1.82) is 0 Å². The summed E-state index contributed by atoms with van der Waals surface area (Å²) in [5, 5.41) is 4.99. The van der Waals surface area contributed by atoms with Gasteiger partial charge in [-0.2, -0.15) is 0 Å². The number of para-hydroxylation sites is 2. The Hall–Kier alpha value is -6.38. The highest BCUT2D eigenvalue weighted by Gasteiger charge is 2.65. The zero-order chi connectivity index (χ0) is 37.2. The van der Waals surface area contributed by atoms with Gasteiger partial charge in [0.05, 0.1) is 16.7 Å². The largest absolute Gasteiger partial charge is 0.310 e. The van der Waals surface area contributed by atoms with Crippen LogP contribution in [-0.4, -0.2) is 4.57 Å². The molecule has 5 unspecified atom stereocenters. The Morgan fingerprint density at radius 1 is 0.474 bits per heavy atom. The number of fused-ring (bicyclic) bond motifs is 7. The Bertz CT molecular complexity index is 3050. The van der Waals surface area contributed by atoms with Crippen LogP contribution < -0.4 is 4.90 Å². The fourth-order valence-electron chi connectivity index (χ4n) is 12.7. The smallest absolute Gasteiger partial charge is 0.0561 e. The molecule has 4 saturated carbocycles. The van der Waals surface area contributed by atoms with E-state index in [0.29, 0.717) is 0 Å². The number of hydrogen-bond donors (Lipinski definition) is 0. The summed E-state index contributed by atoms with van der Waals surface area (Å²) in [5.41, 5.74) is 16.0. The van der Waals surface area contributed by atoms with E-state index in [-0.39, 0.29) is 5.41 Å². The van der Waals surface area contributed by atoms with Crippen molar-refractivity contribution in [2.75, 3.05) is 4.90 Å². The zero-order valence-corrected chi connectivity index (χ0v) is 31.9. The van der Waals surface area contributed by atoms with Gasteiger partial charge in [-0.05, 0) is 143 Å². The van der Waals surface area contributed by atoms with Crippen LogP contribution in [0, 0.1) is 23.7 Å². The summed E-state index contributed by atoms with van der Waals surface area (Å²) >= 11 is 0. The van der Waals surface area contributed by atoms with Gasteiger partial charge in [-0.1, -0.05) is 127 Å². The van der Waals surface area contributed by atoms with E-state index in [4.69, 9.17) is 0 Å². The first-order chi connectivity index (χ1) is 28.2. The summed E-state index contributed by atoms with van der Waals surface area (Å²) in [4.78, 5) is 2.46. The second kappa shape index (κ2) is 11.8. The Morgan fingerprint density at radius 3 is 2.09 bits per heavy atom. The average Bonchev–Trinajstić information content (AvgIpc) is 3.93. The van der Waals surface area contributed by atoms with Gasteiger partial charge in [0.25, 0.3) is 0 Å². The third-order valence-electron chi connectivity index (χ3n) is 14.8. The van der Waals surface area contributed by atoms with Crippen molar-refractivity contribution in [3.63, 3.8) is 0 Å². The van der Waals surface area contributed by atoms with E-state index in [2.05, 4.69) is 191 Å². The van der Waals surface area contributed by atoms with E-state index in [1.165, 1.54) is 91.9 Å². The molecule has 14 rings (SSSR count). The molecule has 5 atom stereocenters. The maximum Gasteiger partial charge on any atom is 0.0561 e. The lowest BCUT2D eigenvalue weighted by Crippen LogP contribution is -2.40. The molecule has 0 saturated heterocycles. The molecule has 5 aliphatic rings. The molecule has 0 aliphatic heterocycles. The molecule has 4 fully saturated rings. The summed E-state index contributed by atoms with van der Waals surface area (Å²) in [6, 6.07) is 68.3. The quantitative estimate of drug-likeness (QED) is 0.171. The normalized spacial score (nSPS) is 22.5. The monoisotopic (exact) mass is 730 g/mol. The molecular formula is C55H42N2. The number of nitrogens with zero attached hydrogens (tertiary/aromatic N) is 2. The van der Waals surface area contributed by atoms with Gasteiger partial charge < -0.3 is 9.47 Å². The van der Waals surface area contributed by atoms with E-state index in [9.17, 15) is 0 Å². The fraction of sp³-hybridized carbons (Fsp3) is 0.164. The molecule has 9 aromatic rings. The molecule has 57 heavy (non-hydrogen) atoms. The molecule has 4 bridgehead atoms. The second-order valence-electron chi connectivity index (χ2n) is 17.3. The van der Waals surface area contributed by atoms with Crippen LogP contribution in [0.15, 0.2) is 182 Å². The maximum absolute atomic E-state index is 2.61. The van der Waals surface area contributed by atoms with Crippen molar-refractivity contribution in [2.24, 2.45) is 23.7 Å². The third kappa shape index (κ3) is 4.36. The van der Waals surface area contributed by atoms with Crippen LogP contribution in [0.25, 0.3) is 60.5 Å². The van der Waals surface area contributed by atoms with Crippen LogP contribution in [0.4, 0.5) is 17.1 Å². The molecule has 0 amide bonds. The SMILES string of the molecule is c1ccc(-n2c3ccccc3c3ccc(N(c4ccc(-c5ccc6c(c5)C5(c7ccccc7-6)C6CC7CC(C6)C5C7)cc4)c4cccc5ccccc45)cc32)cc1. The number of anilines is 3. The van der Waals surface area contributed by atoms with Gasteiger partial charge in [0.15, 0.2) is 0 Å². The molecule has 1 heterocycles. The summed E-state index contributed by atoms with van der Waals surface area (Å²) in [7, 11) is 0. The Kier molecular flexibility index (Phi) is 6.59. The molecular weight excluding hydrogens is 689 g/mol. The van der Waals surface area contributed by atoms with Crippen LogP contribution in [-0.2, 0) is 5.41 Å². The lowest BCUT2D eigenvalue weighted by molar-refractivity contribution is 0.191. The maximum atomic E-state index is 2.61. The van der Waals surface area contributed by atoms with Gasteiger partial charge in [0.2, 0.25) is 0 Å². The van der Waals surface area contributed by atoms with E-state index in [0.717, 1.165) is 35.0 Å². The Balaban J connectivity index is 0.964. The van der Waals surface area contributed by atoms with Crippen molar-refractivity contribution >= 4 is 49.6 Å². The van der Waals surface area contributed by atoms with Crippen molar-refractivity contribution in [1.82, 2.24) is 4.57 Å². The number of benzene rings is 8. The fourth-order valence-corrected chi connectivity index (χ4v) is 12.7. The topological polar surface area (TPSA) is 8.17 Å².